The van der Waals surface area contributed by atoms with E-state index in [1.807, 2.05) is 24.3 Å². The highest BCUT2D eigenvalue weighted by atomic mass is 19.1. The first kappa shape index (κ1) is 12.7. The van der Waals surface area contributed by atoms with Crippen molar-refractivity contribution >= 4 is 11.6 Å². The molecule has 1 aliphatic heterocycles. The molecule has 1 heterocycles. The maximum Gasteiger partial charge on any atom is 0.231 e. The molecular formula is C16H14FNO2. The number of carbonyl (C=O) groups excluding carboxylic acids is 1. The van der Waals surface area contributed by atoms with Crippen LogP contribution in [0.15, 0.2) is 48.5 Å². The predicted octanol–water partition coefficient (Wildman–Crippen LogP) is 2.79. The number of anilines is 1. The van der Waals surface area contributed by atoms with Gasteiger partial charge in [-0.05, 0) is 23.8 Å². The van der Waals surface area contributed by atoms with Crippen molar-refractivity contribution in [2.24, 2.45) is 0 Å². The number of rotatable bonds is 4. The van der Waals surface area contributed by atoms with Gasteiger partial charge in [-0.3, -0.25) is 4.79 Å². The molecule has 0 radical (unpaired) electrons. The fourth-order valence-corrected chi connectivity index (χ4v) is 2.37. The van der Waals surface area contributed by atoms with Gasteiger partial charge < -0.3 is 9.64 Å². The molecule has 0 spiro atoms. The molecule has 0 N–H and O–H groups in total. The van der Waals surface area contributed by atoms with Gasteiger partial charge in [-0.25, -0.2) is 4.39 Å². The van der Waals surface area contributed by atoms with Crippen LogP contribution in [0.4, 0.5) is 10.1 Å². The quantitative estimate of drug-likeness (QED) is 0.855. The Hall–Kier alpha value is -2.36. The van der Waals surface area contributed by atoms with Crippen LogP contribution in [0, 0.1) is 5.82 Å². The molecule has 0 fully saturated rings. The third-order valence-electron chi connectivity index (χ3n) is 3.30. The lowest BCUT2D eigenvalue weighted by Gasteiger charge is -2.17. The van der Waals surface area contributed by atoms with Crippen molar-refractivity contribution in [3.05, 3.63) is 59.9 Å². The number of amides is 1. The fraction of sp³-hybridized carbons (Fsp3) is 0.188. The Kier molecular flexibility index (Phi) is 3.37. The van der Waals surface area contributed by atoms with Gasteiger partial charge >= 0.3 is 0 Å². The van der Waals surface area contributed by atoms with E-state index in [4.69, 9.17) is 4.74 Å². The SMILES string of the molecule is O=C1Cc2ccccc2N1CCOc1cccc(F)c1. The summed E-state index contributed by atoms with van der Waals surface area (Å²) in [4.78, 5) is 13.7. The molecular weight excluding hydrogens is 257 g/mol. The minimum Gasteiger partial charge on any atom is -0.492 e. The number of para-hydroxylation sites is 1. The minimum absolute atomic E-state index is 0.0778. The van der Waals surface area contributed by atoms with Gasteiger partial charge in [0.05, 0.1) is 13.0 Å². The van der Waals surface area contributed by atoms with Gasteiger partial charge in [0.25, 0.3) is 0 Å². The first-order valence-electron chi connectivity index (χ1n) is 6.51. The number of ether oxygens (including phenoxy) is 1. The summed E-state index contributed by atoms with van der Waals surface area (Å²) in [6.45, 7) is 0.801. The van der Waals surface area contributed by atoms with Crippen LogP contribution in [-0.2, 0) is 11.2 Å². The lowest BCUT2D eigenvalue weighted by Crippen LogP contribution is -2.31. The average molecular weight is 271 g/mol. The molecule has 0 aliphatic carbocycles. The molecule has 2 aromatic rings. The first-order chi connectivity index (χ1) is 9.74. The number of nitrogens with zero attached hydrogens (tertiary/aromatic N) is 1. The third-order valence-corrected chi connectivity index (χ3v) is 3.30. The molecule has 4 heteroatoms. The molecule has 0 saturated heterocycles. The van der Waals surface area contributed by atoms with E-state index in [-0.39, 0.29) is 11.7 Å². The van der Waals surface area contributed by atoms with Gasteiger partial charge in [0.15, 0.2) is 0 Å². The van der Waals surface area contributed by atoms with E-state index >= 15 is 0 Å². The maximum absolute atomic E-state index is 13.0. The molecule has 1 amide bonds. The van der Waals surface area contributed by atoms with Crippen LogP contribution in [-0.4, -0.2) is 19.1 Å². The average Bonchev–Trinajstić information content (AvgIpc) is 2.75. The fourth-order valence-electron chi connectivity index (χ4n) is 2.37. The van der Waals surface area contributed by atoms with E-state index in [1.165, 1.54) is 12.1 Å². The van der Waals surface area contributed by atoms with E-state index < -0.39 is 0 Å². The Balaban J connectivity index is 1.63. The van der Waals surface area contributed by atoms with Crippen molar-refractivity contribution in [2.45, 2.75) is 6.42 Å². The monoisotopic (exact) mass is 271 g/mol. The normalized spacial score (nSPS) is 13.4. The van der Waals surface area contributed by atoms with Crippen molar-refractivity contribution in [1.29, 1.82) is 0 Å². The smallest absolute Gasteiger partial charge is 0.231 e. The largest absolute Gasteiger partial charge is 0.492 e. The Labute approximate surface area is 116 Å². The third kappa shape index (κ3) is 2.50. The van der Waals surface area contributed by atoms with E-state index in [1.54, 1.807) is 17.0 Å². The highest BCUT2D eigenvalue weighted by Crippen LogP contribution is 2.27. The zero-order valence-corrected chi connectivity index (χ0v) is 10.9. The number of hydrogen-bond acceptors (Lipinski definition) is 2. The molecule has 1 aliphatic rings. The number of benzene rings is 2. The summed E-state index contributed by atoms with van der Waals surface area (Å²) in [5.41, 5.74) is 1.99. The molecule has 102 valence electrons. The van der Waals surface area contributed by atoms with E-state index in [2.05, 4.69) is 0 Å². The minimum atomic E-state index is -0.329. The van der Waals surface area contributed by atoms with Gasteiger partial charge in [-0.1, -0.05) is 24.3 Å². The van der Waals surface area contributed by atoms with Crippen LogP contribution >= 0.6 is 0 Å². The number of hydrogen-bond donors (Lipinski definition) is 0. The number of fused-ring (bicyclic) bond motifs is 1. The Morgan fingerprint density at radius 2 is 2.00 bits per heavy atom. The standard InChI is InChI=1S/C16H14FNO2/c17-13-5-3-6-14(11-13)20-9-8-18-15-7-2-1-4-12(15)10-16(18)19/h1-7,11H,8-10H2. The summed E-state index contributed by atoms with van der Waals surface area (Å²) in [6, 6.07) is 13.7. The highest BCUT2D eigenvalue weighted by molar-refractivity contribution is 6.01. The second-order valence-electron chi connectivity index (χ2n) is 4.66. The van der Waals surface area contributed by atoms with E-state index in [9.17, 15) is 9.18 Å². The lowest BCUT2D eigenvalue weighted by atomic mass is 10.2. The van der Waals surface area contributed by atoms with E-state index in [0.717, 1.165) is 11.3 Å². The summed E-state index contributed by atoms with van der Waals surface area (Å²) < 4.78 is 18.5. The van der Waals surface area contributed by atoms with Crippen molar-refractivity contribution < 1.29 is 13.9 Å². The molecule has 0 aromatic heterocycles. The topological polar surface area (TPSA) is 29.5 Å². The zero-order valence-electron chi connectivity index (χ0n) is 10.9. The zero-order chi connectivity index (χ0) is 13.9. The molecule has 0 bridgehead atoms. The molecule has 3 nitrogen and oxygen atoms in total. The second-order valence-corrected chi connectivity index (χ2v) is 4.66. The summed E-state index contributed by atoms with van der Waals surface area (Å²) in [5, 5.41) is 0. The first-order valence-corrected chi connectivity index (χ1v) is 6.51. The van der Waals surface area contributed by atoms with E-state index in [0.29, 0.717) is 25.3 Å². The molecule has 0 atom stereocenters. The molecule has 2 aromatic carbocycles. The van der Waals surface area contributed by atoms with Crippen molar-refractivity contribution in [1.82, 2.24) is 0 Å². The highest BCUT2D eigenvalue weighted by Gasteiger charge is 2.26. The molecule has 20 heavy (non-hydrogen) atoms. The van der Waals surface area contributed by atoms with Crippen LogP contribution in [0.5, 0.6) is 5.75 Å². The maximum atomic E-state index is 13.0. The van der Waals surface area contributed by atoms with Crippen LogP contribution in [0.2, 0.25) is 0 Å². The van der Waals surface area contributed by atoms with Gasteiger partial charge in [0.2, 0.25) is 5.91 Å². The van der Waals surface area contributed by atoms with Crippen LogP contribution < -0.4 is 9.64 Å². The predicted molar refractivity (Wildman–Crippen MR) is 74.4 cm³/mol. The van der Waals surface area contributed by atoms with Gasteiger partial charge in [0, 0.05) is 11.8 Å². The van der Waals surface area contributed by atoms with Crippen LogP contribution in [0.3, 0.4) is 0 Å². The lowest BCUT2D eigenvalue weighted by molar-refractivity contribution is -0.117. The van der Waals surface area contributed by atoms with Gasteiger partial charge in [-0.2, -0.15) is 0 Å². The van der Waals surface area contributed by atoms with Gasteiger partial charge in [-0.15, -0.1) is 0 Å². The Morgan fingerprint density at radius 3 is 2.85 bits per heavy atom. The molecule has 0 unspecified atom stereocenters. The van der Waals surface area contributed by atoms with Crippen LogP contribution in [0.1, 0.15) is 5.56 Å². The Bertz CT molecular complexity index is 642. The number of halogens is 1. The van der Waals surface area contributed by atoms with Gasteiger partial charge in [0.1, 0.15) is 18.2 Å². The van der Waals surface area contributed by atoms with Crippen molar-refractivity contribution in [3.8, 4) is 5.75 Å². The second kappa shape index (κ2) is 5.33. The Morgan fingerprint density at radius 1 is 1.15 bits per heavy atom. The van der Waals surface area contributed by atoms with Crippen LogP contribution in [0.25, 0.3) is 0 Å². The van der Waals surface area contributed by atoms with Crippen molar-refractivity contribution in [2.75, 3.05) is 18.1 Å². The summed E-state index contributed by atoms with van der Waals surface area (Å²) in [6.07, 6.45) is 0.441. The summed E-state index contributed by atoms with van der Waals surface area (Å²) in [7, 11) is 0. The van der Waals surface area contributed by atoms with Crippen molar-refractivity contribution in [3.63, 3.8) is 0 Å². The summed E-state index contributed by atoms with van der Waals surface area (Å²) >= 11 is 0. The number of carbonyl (C=O) groups is 1. The molecule has 3 rings (SSSR count). The summed E-state index contributed by atoms with van der Waals surface area (Å²) in [5.74, 6) is 0.226. The molecule has 0 saturated carbocycles.